The summed E-state index contributed by atoms with van der Waals surface area (Å²) in [6, 6.07) is 0. The molecule has 5 nitrogen and oxygen atoms in total. The minimum Gasteiger partial charge on any atom is -0.375 e. The van der Waals surface area contributed by atoms with Crippen LogP contribution < -0.4 is 5.73 Å². The fourth-order valence-electron chi connectivity index (χ4n) is 2.01. The summed E-state index contributed by atoms with van der Waals surface area (Å²) in [4.78, 5) is 2.48. The highest BCUT2D eigenvalue weighted by atomic mass is 32.2. The Bertz CT molecular complexity index is 372. The van der Waals surface area contributed by atoms with Crippen molar-refractivity contribution >= 4 is 28.2 Å². The van der Waals surface area contributed by atoms with E-state index in [4.69, 9.17) is 10.5 Å². The first-order valence-electron chi connectivity index (χ1n) is 6.19. The summed E-state index contributed by atoms with van der Waals surface area (Å²) < 4.78 is 6.71. The Balaban J connectivity index is 1.75. The minimum absolute atomic E-state index is 0.285. The fourth-order valence-corrected chi connectivity index (χ4v) is 3.67. The quantitative estimate of drug-likeness (QED) is 0.830. The SMILES string of the molecule is CC(C)CN1CCO[C@H](CSc2nnc(N)s2)C1. The van der Waals surface area contributed by atoms with Gasteiger partial charge in [-0.15, -0.1) is 10.2 Å². The average molecular weight is 288 g/mol. The van der Waals surface area contributed by atoms with Gasteiger partial charge >= 0.3 is 0 Å². The Morgan fingerprint density at radius 2 is 2.39 bits per heavy atom. The van der Waals surface area contributed by atoms with E-state index in [1.165, 1.54) is 11.3 Å². The monoisotopic (exact) mass is 288 g/mol. The lowest BCUT2D eigenvalue weighted by Gasteiger charge is -2.33. The zero-order chi connectivity index (χ0) is 13.0. The molecule has 1 fully saturated rings. The van der Waals surface area contributed by atoms with Gasteiger partial charge in [-0.3, -0.25) is 4.90 Å². The van der Waals surface area contributed by atoms with Crippen LogP contribution in [0.5, 0.6) is 0 Å². The maximum Gasteiger partial charge on any atom is 0.203 e. The molecule has 2 N–H and O–H groups in total. The molecule has 102 valence electrons. The molecule has 2 rings (SSSR count). The van der Waals surface area contributed by atoms with Crippen molar-refractivity contribution in [1.29, 1.82) is 0 Å². The molecule has 1 saturated heterocycles. The summed E-state index contributed by atoms with van der Waals surface area (Å²) in [5.41, 5.74) is 5.56. The molecule has 0 amide bonds. The van der Waals surface area contributed by atoms with Crippen LogP contribution in [0.4, 0.5) is 5.13 Å². The molecule has 0 aliphatic carbocycles. The van der Waals surface area contributed by atoms with Crippen molar-refractivity contribution in [2.75, 3.05) is 37.7 Å². The van der Waals surface area contributed by atoms with Crippen LogP contribution in [0.3, 0.4) is 0 Å². The maximum absolute atomic E-state index is 5.78. The van der Waals surface area contributed by atoms with Crippen LogP contribution in [0, 0.1) is 5.92 Å². The first-order valence-corrected chi connectivity index (χ1v) is 7.99. The lowest BCUT2D eigenvalue weighted by Crippen LogP contribution is -2.44. The Morgan fingerprint density at radius 3 is 3.06 bits per heavy atom. The van der Waals surface area contributed by atoms with Crippen molar-refractivity contribution in [3.8, 4) is 0 Å². The lowest BCUT2D eigenvalue weighted by molar-refractivity contribution is -0.0191. The molecule has 1 atom stereocenters. The number of aromatic nitrogens is 2. The fraction of sp³-hybridized carbons (Fsp3) is 0.818. The second kappa shape index (κ2) is 6.70. The number of ether oxygens (including phenoxy) is 1. The van der Waals surface area contributed by atoms with Crippen molar-refractivity contribution < 1.29 is 4.74 Å². The predicted octanol–water partition coefficient (Wildman–Crippen LogP) is 1.57. The van der Waals surface area contributed by atoms with E-state index in [1.807, 2.05) is 0 Å². The molecule has 1 aromatic rings. The van der Waals surface area contributed by atoms with Crippen molar-refractivity contribution in [3.63, 3.8) is 0 Å². The van der Waals surface area contributed by atoms with Gasteiger partial charge in [0.1, 0.15) is 0 Å². The summed E-state index contributed by atoms with van der Waals surface area (Å²) in [6.45, 7) is 8.55. The summed E-state index contributed by atoms with van der Waals surface area (Å²) in [6.07, 6.45) is 0.285. The van der Waals surface area contributed by atoms with Crippen LogP contribution >= 0.6 is 23.1 Å². The molecule has 1 aliphatic rings. The van der Waals surface area contributed by atoms with E-state index in [1.54, 1.807) is 11.8 Å². The average Bonchev–Trinajstić information content (AvgIpc) is 2.72. The smallest absolute Gasteiger partial charge is 0.203 e. The van der Waals surface area contributed by atoms with Crippen molar-refractivity contribution in [2.45, 2.75) is 24.3 Å². The molecular weight excluding hydrogens is 268 g/mol. The molecule has 0 radical (unpaired) electrons. The Labute approximate surface area is 116 Å². The second-order valence-corrected chi connectivity index (χ2v) is 7.14. The summed E-state index contributed by atoms with van der Waals surface area (Å²) >= 11 is 3.12. The standard InChI is InChI=1S/C11H20N4OS2/c1-8(2)5-15-3-4-16-9(6-15)7-17-11-14-13-10(12)18-11/h8-9H,3-7H2,1-2H3,(H2,12,13)/t9-/m0/s1. The van der Waals surface area contributed by atoms with Gasteiger partial charge in [-0.1, -0.05) is 36.9 Å². The van der Waals surface area contributed by atoms with Gasteiger partial charge in [0.15, 0.2) is 4.34 Å². The van der Waals surface area contributed by atoms with E-state index in [0.717, 1.165) is 36.3 Å². The van der Waals surface area contributed by atoms with E-state index >= 15 is 0 Å². The number of morpholine rings is 1. The first kappa shape index (κ1) is 14.0. The Morgan fingerprint density at radius 1 is 1.56 bits per heavy atom. The molecule has 1 aromatic heterocycles. The Kier molecular flexibility index (Phi) is 5.23. The van der Waals surface area contributed by atoms with Crippen LogP contribution in [0.2, 0.25) is 0 Å². The highest BCUT2D eigenvalue weighted by Gasteiger charge is 2.21. The molecule has 2 heterocycles. The second-order valence-electron chi connectivity index (χ2n) is 4.86. The summed E-state index contributed by atoms with van der Waals surface area (Å²) in [5.74, 6) is 1.63. The molecule has 7 heteroatoms. The van der Waals surface area contributed by atoms with Gasteiger partial charge in [-0.25, -0.2) is 0 Å². The van der Waals surface area contributed by atoms with Crippen LogP contribution in [0.15, 0.2) is 4.34 Å². The zero-order valence-electron chi connectivity index (χ0n) is 10.8. The molecule has 0 saturated carbocycles. The molecular formula is C11H20N4OS2. The summed E-state index contributed by atoms with van der Waals surface area (Å²) in [5, 5.41) is 8.34. The number of hydrogen-bond acceptors (Lipinski definition) is 7. The van der Waals surface area contributed by atoms with Crippen molar-refractivity contribution in [3.05, 3.63) is 0 Å². The third kappa shape index (κ3) is 4.38. The van der Waals surface area contributed by atoms with Crippen molar-refractivity contribution in [2.24, 2.45) is 5.92 Å². The zero-order valence-corrected chi connectivity index (χ0v) is 12.5. The van der Waals surface area contributed by atoms with Crippen LogP contribution in [0.25, 0.3) is 0 Å². The van der Waals surface area contributed by atoms with E-state index in [0.29, 0.717) is 11.0 Å². The lowest BCUT2D eigenvalue weighted by atomic mass is 10.2. The normalized spacial score (nSPS) is 21.6. The van der Waals surface area contributed by atoms with Crippen LogP contribution in [-0.2, 0) is 4.74 Å². The van der Waals surface area contributed by atoms with Gasteiger partial charge in [0.25, 0.3) is 0 Å². The predicted molar refractivity (Wildman–Crippen MR) is 76.1 cm³/mol. The van der Waals surface area contributed by atoms with Crippen LogP contribution in [0.1, 0.15) is 13.8 Å². The molecule has 1 aliphatic heterocycles. The number of thioether (sulfide) groups is 1. The first-order chi connectivity index (χ1) is 8.63. The highest BCUT2D eigenvalue weighted by Crippen LogP contribution is 2.25. The van der Waals surface area contributed by atoms with Gasteiger partial charge < -0.3 is 10.5 Å². The van der Waals surface area contributed by atoms with E-state index in [9.17, 15) is 0 Å². The molecule has 0 bridgehead atoms. The number of hydrogen-bond donors (Lipinski definition) is 1. The highest BCUT2D eigenvalue weighted by molar-refractivity contribution is 8.01. The molecule has 0 aromatic carbocycles. The number of nitrogens with zero attached hydrogens (tertiary/aromatic N) is 3. The number of nitrogens with two attached hydrogens (primary N) is 1. The van der Waals surface area contributed by atoms with Crippen LogP contribution in [-0.4, -0.2) is 53.2 Å². The Hall–Kier alpha value is -0.370. The van der Waals surface area contributed by atoms with Gasteiger partial charge in [-0.2, -0.15) is 0 Å². The number of nitrogen functional groups attached to an aromatic ring is 1. The number of anilines is 1. The molecule has 0 unspecified atom stereocenters. The maximum atomic E-state index is 5.78. The topological polar surface area (TPSA) is 64.3 Å². The van der Waals surface area contributed by atoms with Crippen molar-refractivity contribution in [1.82, 2.24) is 15.1 Å². The van der Waals surface area contributed by atoms with Gasteiger partial charge in [-0.05, 0) is 5.92 Å². The van der Waals surface area contributed by atoms with Gasteiger partial charge in [0, 0.05) is 25.4 Å². The largest absolute Gasteiger partial charge is 0.375 e. The van der Waals surface area contributed by atoms with E-state index < -0.39 is 0 Å². The third-order valence-corrected chi connectivity index (χ3v) is 4.68. The summed E-state index contributed by atoms with van der Waals surface area (Å²) in [7, 11) is 0. The third-order valence-electron chi connectivity index (χ3n) is 2.66. The molecule has 18 heavy (non-hydrogen) atoms. The molecule has 0 spiro atoms. The van der Waals surface area contributed by atoms with E-state index in [2.05, 4.69) is 28.9 Å². The minimum atomic E-state index is 0.285. The van der Waals surface area contributed by atoms with Gasteiger partial charge in [0.05, 0.1) is 12.7 Å². The number of rotatable bonds is 5. The van der Waals surface area contributed by atoms with Gasteiger partial charge in [0.2, 0.25) is 5.13 Å². The van der Waals surface area contributed by atoms with E-state index in [-0.39, 0.29) is 6.10 Å².